The van der Waals surface area contributed by atoms with Gasteiger partial charge in [0.15, 0.2) is 0 Å². The molecule has 3 rings (SSSR count). The second-order valence-corrected chi connectivity index (χ2v) is 6.30. The van der Waals surface area contributed by atoms with Crippen molar-refractivity contribution in [1.29, 1.82) is 0 Å². The van der Waals surface area contributed by atoms with Gasteiger partial charge in [-0.1, -0.05) is 12.7 Å². The maximum Gasteiger partial charge on any atom is 0.253 e. The molecule has 23 heavy (non-hydrogen) atoms. The van der Waals surface area contributed by atoms with E-state index >= 15 is 0 Å². The van der Waals surface area contributed by atoms with Crippen LogP contribution in [0.15, 0.2) is 36.9 Å². The van der Waals surface area contributed by atoms with Crippen molar-refractivity contribution < 1.29 is 9.53 Å². The van der Waals surface area contributed by atoms with Gasteiger partial charge in [-0.25, -0.2) is 0 Å². The molecule has 2 unspecified atom stereocenters. The molecule has 2 fully saturated rings. The number of halogens is 1. The maximum atomic E-state index is 12.7. The van der Waals surface area contributed by atoms with Gasteiger partial charge in [0.1, 0.15) is 12.4 Å². The smallest absolute Gasteiger partial charge is 0.253 e. The average Bonchev–Trinajstić information content (AvgIpc) is 2.90. The first-order valence-corrected chi connectivity index (χ1v) is 8.04. The molecule has 1 aromatic carbocycles. The third-order valence-corrected chi connectivity index (χ3v) is 4.79. The van der Waals surface area contributed by atoms with Crippen molar-refractivity contribution in [2.45, 2.75) is 43.8 Å². The second-order valence-electron chi connectivity index (χ2n) is 6.30. The molecule has 2 aliphatic heterocycles. The Morgan fingerprint density at radius 2 is 1.91 bits per heavy atom. The molecule has 1 aromatic rings. The van der Waals surface area contributed by atoms with E-state index in [1.54, 1.807) is 6.08 Å². The van der Waals surface area contributed by atoms with Crippen molar-refractivity contribution in [3.8, 4) is 5.75 Å². The number of nitrogens with zero attached hydrogens (tertiary/aromatic N) is 1. The van der Waals surface area contributed by atoms with Gasteiger partial charge in [-0.05, 0) is 49.9 Å². The summed E-state index contributed by atoms with van der Waals surface area (Å²) in [6.07, 6.45) is 6.34. The highest BCUT2D eigenvalue weighted by molar-refractivity contribution is 5.94. The third-order valence-electron chi connectivity index (χ3n) is 4.79. The summed E-state index contributed by atoms with van der Waals surface area (Å²) in [7, 11) is 1.93. The van der Waals surface area contributed by atoms with Gasteiger partial charge >= 0.3 is 0 Å². The van der Waals surface area contributed by atoms with Gasteiger partial charge < -0.3 is 15.0 Å². The Hall–Kier alpha value is -1.52. The number of carbonyl (C=O) groups excluding carboxylic acids is 1. The molecule has 0 aliphatic carbocycles. The second kappa shape index (κ2) is 7.84. The van der Waals surface area contributed by atoms with Crippen LogP contribution in [0.1, 0.15) is 36.0 Å². The van der Waals surface area contributed by atoms with Gasteiger partial charge in [-0.2, -0.15) is 0 Å². The van der Waals surface area contributed by atoms with Crippen molar-refractivity contribution in [1.82, 2.24) is 10.2 Å². The fourth-order valence-electron chi connectivity index (χ4n) is 3.56. The summed E-state index contributed by atoms with van der Waals surface area (Å²) in [5, 5.41) is 3.62. The Kier molecular flexibility index (Phi) is 6.08. The molecule has 2 heterocycles. The molecular formula is C18H25ClN2O2. The molecule has 126 valence electrons. The van der Waals surface area contributed by atoms with Crippen molar-refractivity contribution in [2.24, 2.45) is 0 Å². The summed E-state index contributed by atoms with van der Waals surface area (Å²) in [6, 6.07) is 8.90. The van der Waals surface area contributed by atoms with Crippen molar-refractivity contribution in [3.63, 3.8) is 0 Å². The number of hydrogen-bond donors (Lipinski definition) is 1. The van der Waals surface area contributed by atoms with Gasteiger partial charge in [0.25, 0.3) is 5.91 Å². The van der Waals surface area contributed by atoms with Gasteiger partial charge in [0.05, 0.1) is 0 Å². The van der Waals surface area contributed by atoms with Crippen LogP contribution in [0.4, 0.5) is 0 Å². The van der Waals surface area contributed by atoms with Crippen LogP contribution in [0.2, 0.25) is 0 Å². The minimum Gasteiger partial charge on any atom is -0.490 e. The predicted molar refractivity (Wildman–Crippen MR) is 94.4 cm³/mol. The van der Waals surface area contributed by atoms with Crippen LogP contribution in [-0.2, 0) is 0 Å². The molecular weight excluding hydrogens is 312 g/mol. The fraction of sp³-hybridized carbons (Fsp3) is 0.500. The summed E-state index contributed by atoms with van der Waals surface area (Å²) in [5.41, 5.74) is 0.722. The van der Waals surface area contributed by atoms with E-state index in [4.69, 9.17) is 4.74 Å². The number of benzene rings is 1. The first-order valence-electron chi connectivity index (χ1n) is 8.04. The van der Waals surface area contributed by atoms with Crippen LogP contribution >= 0.6 is 12.4 Å². The fourth-order valence-corrected chi connectivity index (χ4v) is 3.56. The minimum absolute atomic E-state index is 0. The summed E-state index contributed by atoms with van der Waals surface area (Å²) < 4.78 is 5.45. The highest BCUT2D eigenvalue weighted by atomic mass is 35.5. The number of hydrogen-bond acceptors (Lipinski definition) is 3. The molecule has 0 radical (unpaired) electrons. The summed E-state index contributed by atoms with van der Waals surface area (Å²) in [5.74, 6) is 0.862. The number of nitrogens with one attached hydrogen (secondary N) is 1. The van der Waals surface area contributed by atoms with E-state index in [2.05, 4.69) is 11.9 Å². The number of rotatable bonds is 5. The first-order chi connectivity index (χ1) is 10.7. The third kappa shape index (κ3) is 4.06. The monoisotopic (exact) mass is 336 g/mol. The lowest BCUT2D eigenvalue weighted by Gasteiger charge is -2.35. The molecule has 4 nitrogen and oxygen atoms in total. The van der Waals surface area contributed by atoms with Gasteiger partial charge in [0, 0.05) is 30.7 Å². The zero-order valence-corrected chi connectivity index (χ0v) is 14.3. The summed E-state index contributed by atoms with van der Waals surface area (Å²) in [6.45, 7) is 4.10. The van der Waals surface area contributed by atoms with E-state index in [1.807, 2.05) is 36.2 Å². The molecule has 1 amide bonds. The lowest BCUT2D eigenvalue weighted by atomic mass is 9.98. The maximum absolute atomic E-state index is 12.7. The average molecular weight is 337 g/mol. The molecule has 2 atom stereocenters. The topological polar surface area (TPSA) is 41.6 Å². The summed E-state index contributed by atoms with van der Waals surface area (Å²) >= 11 is 0. The number of ether oxygens (including phenoxy) is 1. The zero-order chi connectivity index (χ0) is 15.5. The molecule has 1 N–H and O–H groups in total. The highest BCUT2D eigenvalue weighted by Crippen LogP contribution is 2.30. The van der Waals surface area contributed by atoms with Crippen LogP contribution in [0.25, 0.3) is 0 Å². The minimum atomic E-state index is 0. The molecule has 2 bridgehead atoms. The van der Waals surface area contributed by atoms with Crippen molar-refractivity contribution >= 4 is 18.3 Å². The van der Waals surface area contributed by atoms with Crippen LogP contribution in [0.5, 0.6) is 5.75 Å². The van der Waals surface area contributed by atoms with E-state index in [0.29, 0.717) is 24.7 Å². The zero-order valence-electron chi connectivity index (χ0n) is 13.5. The van der Waals surface area contributed by atoms with E-state index < -0.39 is 0 Å². The molecule has 0 saturated carbocycles. The van der Waals surface area contributed by atoms with E-state index in [9.17, 15) is 4.79 Å². The van der Waals surface area contributed by atoms with Gasteiger partial charge in [0.2, 0.25) is 0 Å². The van der Waals surface area contributed by atoms with E-state index in [-0.39, 0.29) is 18.3 Å². The Labute approximate surface area is 144 Å². The lowest BCUT2D eigenvalue weighted by Crippen LogP contribution is -2.48. The number of carbonyl (C=O) groups is 1. The largest absolute Gasteiger partial charge is 0.490 e. The van der Waals surface area contributed by atoms with Gasteiger partial charge in [-0.15, -0.1) is 12.4 Å². The Morgan fingerprint density at radius 1 is 1.30 bits per heavy atom. The number of fused-ring (bicyclic) bond motifs is 2. The number of amides is 1. The molecule has 0 aromatic heterocycles. The van der Waals surface area contributed by atoms with Crippen LogP contribution < -0.4 is 10.1 Å². The van der Waals surface area contributed by atoms with Gasteiger partial charge in [-0.3, -0.25) is 4.79 Å². The quantitative estimate of drug-likeness (QED) is 0.840. The Balaban J connectivity index is 0.00000192. The number of piperidine rings is 1. The SMILES string of the molecule is C=CCOc1ccc(C(=O)N(C)C2CC3CCC(C2)N3)cc1.Cl. The lowest BCUT2D eigenvalue weighted by molar-refractivity contribution is 0.0681. The van der Waals surface area contributed by atoms with Crippen molar-refractivity contribution in [3.05, 3.63) is 42.5 Å². The van der Waals surface area contributed by atoms with E-state index in [1.165, 1.54) is 12.8 Å². The van der Waals surface area contributed by atoms with Crippen LogP contribution in [0.3, 0.4) is 0 Å². The van der Waals surface area contributed by atoms with Crippen LogP contribution in [0, 0.1) is 0 Å². The Morgan fingerprint density at radius 3 is 2.48 bits per heavy atom. The van der Waals surface area contributed by atoms with Crippen molar-refractivity contribution in [2.75, 3.05) is 13.7 Å². The molecule has 0 spiro atoms. The first kappa shape index (κ1) is 17.8. The highest BCUT2D eigenvalue weighted by Gasteiger charge is 2.36. The predicted octanol–water partition coefficient (Wildman–Crippen LogP) is 3.03. The molecule has 5 heteroatoms. The standard InChI is InChI=1S/C18H24N2O2.ClH/c1-3-10-22-17-8-4-13(5-9-17)18(21)20(2)16-11-14-6-7-15(12-16)19-14;/h3-5,8-9,14-16,19H,1,6-7,10-12H2,2H3;1H. The summed E-state index contributed by atoms with van der Waals surface area (Å²) in [4.78, 5) is 14.6. The van der Waals surface area contributed by atoms with Crippen LogP contribution in [-0.4, -0.2) is 42.6 Å². The van der Waals surface area contributed by atoms with E-state index in [0.717, 1.165) is 24.2 Å². The Bertz CT molecular complexity index is 534. The molecule has 2 saturated heterocycles. The molecule has 2 aliphatic rings. The normalized spacial score (nSPS) is 25.3.